The first-order chi connectivity index (χ1) is 5.34. The Bertz CT molecular complexity index is 128. The highest BCUT2D eigenvalue weighted by molar-refractivity contribution is 4.93. The van der Waals surface area contributed by atoms with Gasteiger partial charge in [0.15, 0.2) is 0 Å². The largest absolute Gasteiger partial charge is 0.499 e. The van der Waals surface area contributed by atoms with E-state index >= 15 is 0 Å². The zero-order chi connectivity index (χ0) is 8.10. The van der Waals surface area contributed by atoms with E-state index in [9.17, 15) is 0 Å². The highest BCUT2D eigenvalue weighted by Crippen LogP contribution is 2.20. The third-order valence-electron chi connectivity index (χ3n) is 2.12. The predicted octanol–water partition coefficient (Wildman–Crippen LogP) is 1.54. The number of piperidine rings is 1. The molecule has 64 valence electrons. The van der Waals surface area contributed by atoms with E-state index in [2.05, 4.69) is 11.9 Å². The van der Waals surface area contributed by atoms with Crippen LogP contribution in [0.3, 0.4) is 0 Å². The summed E-state index contributed by atoms with van der Waals surface area (Å²) in [7, 11) is 0. The Morgan fingerprint density at radius 1 is 1.55 bits per heavy atom. The van der Waals surface area contributed by atoms with Crippen molar-refractivity contribution in [3.8, 4) is 0 Å². The second-order valence-electron chi connectivity index (χ2n) is 2.92. The van der Waals surface area contributed by atoms with E-state index < -0.39 is 0 Å². The summed E-state index contributed by atoms with van der Waals surface area (Å²) < 4.78 is 5.36. The van der Waals surface area contributed by atoms with E-state index in [4.69, 9.17) is 4.74 Å². The van der Waals surface area contributed by atoms with Gasteiger partial charge in [0.1, 0.15) is 0 Å². The average molecular weight is 155 g/mol. The number of ether oxygens (including phenoxy) is 1. The van der Waals surface area contributed by atoms with Crippen molar-refractivity contribution in [2.45, 2.75) is 19.8 Å². The van der Waals surface area contributed by atoms with Crippen molar-refractivity contribution in [3.05, 3.63) is 12.3 Å². The molecule has 0 radical (unpaired) electrons. The van der Waals surface area contributed by atoms with Crippen molar-refractivity contribution in [1.29, 1.82) is 0 Å². The van der Waals surface area contributed by atoms with E-state index in [0.717, 1.165) is 25.5 Å². The maximum Gasteiger partial charge on any atom is 0.0919 e. The molecule has 1 fully saturated rings. The van der Waals surface area contributed by atoms with Crippen LogP contribution < -0.4 is 5.32 Å². The predicted molar refractivity (Wildman–Crippen MR) is 46.4 cm³/mol. The maximum absolute atomic E-state index is 5.36. The molecular weight excluding hydrogens is 138 g/mol. The molecular formula is C9H17NO. The van der Waals surface area contributed by atoms with E-state index in [0.29, 0.717) is 5.92 Å². The van der Waals surface area contributed by atoms with Crippen LogP contribution in [0.1, 0.15) is 19.8 Å². The van der Waals surface area contributed by atoms with Gasteiger partial charge in [-0.2, -0.15) is 0 Å². The van der Waals surface area contributed by atoms with Gasteiger partial charge in [-0.15, -0.1) is 0 Å². The summed E-state index contributed by atoms with van der Waals surface area (Å²) in [4.78, 5) is 0. The lowest BCUT2D eigenvalue weighted by Gasteiger charge is -2.24. The third kappa shape index (κ3) is 2.54. The van der Waals surface area contributed by atoms with E-state index in [1.54, 1.807) is 0 Å². The summed E-state index contributed by atoms with van der Waals surface area (Å²) in [5, 5.41) is 3.32. The van der Waals surface area contributed by atoms with Gasteiger partial charge < -0.3 is 10.1 Å². The summed E-state index contributed by atoms with van der Waals surface area (Å²) in [5.74, 6) is 1.57. The molecule has 2 nitrogen and oxygen atoms in total. The molecule has 11 heavy (non-hydrogen) atoms. The first-order valence-electron chi connectivity index (χ1n) is 4.37. The van der Waals surface area contributed by atoms with Crippen LogP contribution >= 0.6 is 0 Å². The number of hydrogen-bond donors (Lipinski definition) is 1. The Labute approximate surface area is 68.6 Å². The lowest BCUT2D eigenvalue weighted by molar-refractivity contribution is 0.177. The molecule has 1 aliphatic rings. The lowest BCUT2D eigenvalue weighted by atomic mass is 9.97. The minimum Gasteiger partial charge on any atom is -0.499 e. The van der Waals surface area contributed by atoms with Crippen LogP contribution in [0.25, 0.3) is 0 Å². The standard InChI is InChI=1S/C9H17NO/c1-3-11-8(2)9-4-6-10-7-5-9/h9-10H,2-7H2,1H3. The molecule has 0 amide bonds. The van der Waals surface area contributed by atoms with Crippen LogP contribution in [0.15, 0.2) is 12.3 Å². The van der Waals surface area contributed by atoms with Gasteiger partial charge >= 0.3 is 0 Å². The molecule has 0 aromatic heterocycles. The lowest BCUT2D eigenvalue weighted by Crippen LogP contribution is -2.28. The van der Waals surface area contributed by atoms with Crippen LogP contribution in [0.4, 0.5) is 0 Å². The molecule has 0 saturated carbocycles. The Morgan fingerprint density at radius 2 is 2.18 bits per heavy atom. The van der Waals surface area contributed by atoms with Crippen molar-refractivity contribution in [2.75, 3.05) is 19.7 Å². The first-order valence-corrected chi connectivity index (χ1v) is 4.37. The quantitative estimate of drug-likeness (QED) is 0.624. The second kappa shape index (κ2) is 4.39. The van der Waals surface area contributed by atoms with Crippen LogP contribution in [0.2, 0.25) is 0 Å². The van der Waals surface area contributed by atoms with Crippen molar-refractivity contribution < 1.29 is 4.74 Å². The second-order valence-corrected chi connectivity index (χ2v) is 2.92. The number of rotatable bonds is 3. The molecule has 0 atom stereocenters. The minimum absolute atomic E-state index is 0.594. The van der Waals surface area contributed by atoms with E-state index in [1.807, 2.05) is 6.92 Å². The van der Waals surface area contributed by atoms with Crippen LogP contribution in [-0.2, 0) is 4.74 Å². The Balaban J connectivity index is 2.27. The number of allylic oxidation sites excluding steroid dienone is 1. The van der Waals surface area contributed by atoms with Crippen molar-refractivity contribution in [1.82, 2.24) is 5.32 Å². The molecule has 0 spiro atoms. The van der Waals surface area contributed by atoms with Gasteiger partial charge in [0.2, 0.25) is 0 Å². The molecule has 0 aromatic carbocycles. The fourth-order valence-corrected chi connectivity index (χ4v) is 1.45. The number of hydrogen-bond acceptors (Lipinski definition) is 2. The molecule has 1 rings (SSSR count). The third-order valence-corrected chi connectivity index (χ3v) is 2.12. The molecule has 2 heteroatoms. The molecule has 1 aliphatic heterocycles. The zero-order valence-corrected chi connectivity index (χ0v) is 7.23. The molecule has 0 aromatic rings. The highest BCUT2D eigenvalue weighted by Gasteiger charge is 2.16. The number of nitrogens with one attached hydrogen (secondary N) is 1. The van der Waals surface area contributed by atoms with Gasteiger partial charge in [-0.1, -0.05) is 6.58 Å². The van der Waals surface area contributed by atoms with Gasteiger partial charge in [-0.05, 0) is 32.9 Å². The monoisotopic (exact) mass is 155 g/mol. The van der Waals surface area contributed by atoms with E-state index in [-0.39, 0.29) is 0 Å². The van der Waals surface area contributed by atoms with Gasteiger partial charge in [0.05, 0.1) is 12.4 Å². The molecule has 0 aliphatic carbocycles. The Kier molecular flexibility index (Phi) is 3.43. The molecule has 1 saturated heterocycles. The minimum atomic E-state index is 0.594. The van der Waals surface area contributed by atoms with Gasteiger partial charge in [0.25, 0.3) is 0 Å². The van der Waals surface area contributed by atoms with Crippen molar-refractivity contribution in [3.63, 3.8) is 0 Å². The van der Waals surface area contributed by atoms with Crippen molar-refractivity contribution >= 4 is 0 Å². The highest BCUT2D eigenvalue weighted by atomic mass is 16.5. The fraction of sp³-hybridized carbons (Fsp3) is 0.778. The molecule has 1 N–H and O–H groups in total. The smallest absolute Gasteiger partial charge is 0.0919 e. The molecule has 0 bridgehead atoms. The Morgan fingerprint density at radius 3 is 2.73 bits per heavy atom. The zero-order valence-electron chi connectivity index (χ0n) is 7.23. The maximum atomic E-state index is 5.36. The van der Waals surface area contributed by atoms with Gasteiger partial charge in [-0.3, -0.25) is 0 Å². The summed E-state index contributed by atoms with van der Waals surface area (Å²) in [6, 6.07) is 0. The summed E-state index contributed by atoms with van der Waals surface area (Å²) in [6.07, 6.45) is 2.36. The van der Waals surface area contributed by atoms with Gasteiger partial charge in [0, 0.05) is 5.92 Å². The van der Waals surface area contributed by atoms with E-state index in [1.165, 1.54) is 12.8 Å². The average Bonchev–Trinajstić information content (AvgIpc) is 2.07. The summed E-state index contributed by atoms with van der Waals surface area (Å²) >= 11 is 0. The van der Waals surface area contributed by atoms with Crippen molar-refractivity contribution in [2.24, 2.45) is 5.92 Å². The Hall–Kier alpha value is -0.500. The topological polar surface area (TPSA) is 21.3 Å². The molecule has 0 unspecified atom stereocenters. The normalized spacial score (nSPS) is 19.7. The van der Waals surface area contributed by atoms with Gasteiger partial charge in [-0.25, -0.2) is 0 Å². The first kappa shape index (κ1) is 8.60. The summed E-state index contributed by atoms with van der Waals surface area (Å²) in [5.41, 5.74) is 0. The SMILES string of the molecule is C=C(OCC)C1CCNCC1. The van der Waals surface area contributed by atoms with Crippen LogP contribution in [0, 0.1) is 5.92 Å². The van der Waals surface area contributed by atoms with Crippen LogP contribution in [0.5, 0.6) is 0 Å². The molecule has 1 heterocycles. The van der Waals surface area contributed by atoms with Crippen LogP contribution in [-0.4, -0.2) is 19.7 Å². The fourth-order valence-electron chi connectivity index (χ4n) is 1.45. The summed E-state index contributed by atoms with van der Waals surface area (Å²) in [6.45, 7) is 8.89.